The van der Waals surface area contributed by atoms with Crippen molar-refractivity contribution in [3.8, 4) is 0 Å². The number of carboxylic acids is 1. The molecule has 0 radical (unpaired) electrons. The Labute approximate surface area is 218 Å². The Kier molecular flexibility index (Phi) is 10.6. The average Bonchev–Trinajstić information content (AvgIpc) is 2.86. The Morgan fingerprint density at radius 1 is 0.868 bits per heavy atom. The summed E-state index contributed by atoms with van der Waals surface area (Å²) in [7, 11) is 0. The molecule has 1 heterocycles. The Morgan fingerprint density at radius 2 is 1.47 bits per heavy atom. The summed E-state index contributed by atoms with van der Waals surface area (Å²) in [5.41, 5.74) is -1.95. The molecule has 0 amide bonds. The van der Waals surface area contributed by atoms with Crippen molar-refractivity contribution in [1.29, 1.82) is 0 Å². The van der Waals surface area contributed by atoms with Crippen LogP contribution in [0.5, 0.6) is 0 Å². The molecule has 210 valence electrons. The first-order valence-electron chi connectivity index (χ1n) is 12.5. The van der Waals surface area contributed by atoms with Gasteiger partial charge in [-0.25, -0.2) is 0 Å². The van der Waals surface area contributed by atoms with Crippen molar-refractivity contribution in [1.82, 2.24) is 9.80 Å². The Balaban J connectivity index is 1.61. The minimum atomic E-state index is -4.90. The Morgan fingerprint density at radius 3 is 2.03 bits per heavy atom. The van der Waals surface area contributed by atoms with Crippen molar-refractivity contribution in [3.05, 3.63) is 70.8 Å². The molecule has 0 bridgehead atoms. The van der Waals surface area contributed by atoms with Crippen LogP contribution in [0.15, 0.2) is 48.5 Å². The van der Waals surface area contributed by atoms with Crippen LogP contribution < -0.4 is 0 Å². The summed E-state index contributed by atoms with van der Waals surface area (Å²) in [5, 5.41) is 8.74. The highest BCUT2D eigenvalue weighted by molar-refractivity contribution is 5.66. The van der Waals surface area contributed by atoms with Gasteiger partial charge in [0.05, 0.1) is 30.4 Å². The van der Waals surface area contributed by atoms with E-state index in [9.17, 15) is 31.1 Å². The molecule has 0 spiro atoms. The molecule has 0 saturated carbocycles. The number of carbonyl (C=O) groups is 1. The maximum Gasteiger partial charge on any atom is 0.416 e. The summed E-state index contributed by atoms with van der Waals surface area (Å²) in [6.45, 7) is 3.63. The number of hydrogen-bond acceptors (Lipinski definition) is 4. The van der Waals surface area contributed by atoms with E-state index < -0.39 is 29.4 Å². The van der Waals surface area contributed by atoms with Crippen molar-refractivity contribution in [3.63, 3.8) is 0 Å². The van der Waals surface area contributed by atoms with Gasteiger partial charge in [-0.3, -0.25) is 9.69 Å². The normalized spacial score (nSPS) is 16.5. The second-order valence-corrected chi connectivity index (χ2v) is 9.44. The number of nitrogens with zero attached hydrogens (tertiary/aromatic N) is 2. The van der Waals surface area contributed by atoms with E-state index in [0.29, 0.717) is 18.6 Å². The van der Waals surface area contributed by atoms with Gasteiger partial charge in [0.15, 0.2) is 0 Å². The molecule has 1 aliphatic heterocycles. The largest absolute Gasteiger partial charge is 0.481 e. The van der Waals surface area contributed by atoms with Gasteiger partial charge in [-0.05, 0) is 48.7 Å². The van der Waals surface area contributed by atoms with E-state index in [1.807, 2.05) is 30.3 Å². The molecule has 2 aromatic rings. The highest BCUT2D eigenvalue weighted by atomic mass is 19.4. The van der Waals surface area contributed by atoms with Gasteiger partial charge in [0.25, 0.3) is 0 Å². The van der Waals surface area contributed by atoms with Crippen molar-refractivity contribution >= 4 is 5.97 Å². The van der Waals surface area contributed by atoms with Crippen LogP contribution in [0.3, 0.4) is 0 Å². The van der Waals surface area contributed by atoms with Crippen molar-refractivity contribution in [2.45, 2.75) is 50.7 Å². The number of hydrogen-bond donors (Lipinski definition) is 1. The van der Waals surface area contributed by atoms with Gasteiger partial charge in [-0.2, -0.15) is 26.3 Å². The number of halogens is 6. The number of ether oxygens (including phenoxy) is 1. The van der Waals surface area contributed by atoms with Crippen LogP contribution in [0.25, 0.3) is 0 Å². The molecule has 1 aliphatic rings. The monoisotopic (exact) mass is 546 g/mol. The second-order valence-electron chi connectivity index (χ2n) is 9.44. The van der Waals surface area contributed by atoms with Gasteiger partial charge in [-0.1, -0.05) is 36.8 Å². The molecule has 5 nitrogen and oxygen atoms in total. The Bertz CT molecular complexity index is 989. The van der Waals surface area contributed by atoms with Crippen molar-refractivity contribution in [2.75, 3.05) is 39.3 Å². The van der Waals surface area contributed by atoms with Gasteiger partial charge in [0, 0.05) is 32.6 Å². The number of piperazine rings is 1. The summed E-state index contributed by atoms with van der Waals surface area (Å²) in [4.78, 5) is 15.1. The summed E-state index contributed by atoms with van der Waals surface area (Å²) >= 11 is 0. The summed E-state index contributed by atoms with van der Waals surface area (Å²) in [6.07, 6.45) is -7.23. The molecule has 1 atom stereocenters. The number of carboxylic acid groups (broad SMARTS) is 1. The third-order valence-electron chi connectivity index (χ3n) is 6.59. The maximum absolute atomic E-state index is 13.2. The van der Waals surface area contributed by atoms with Crippen LogP contribution in [0, 0.1) is 0 Å². The van der Waals surface area contributed by atoms with Gasteiger partial charge >= 0.3 is 18.3 Å². The lowest BCUT2D eigenvalue weighted by molar-refractivity contribution is -0.143. The zero-order chi connectivity index (χ0) is 27.8. The van der Waals surface area contributed by atoms with Crippen molar-refractivity contribution in [2.24, 2.45) is 0 Å². The van der Waals surface area contributed by atoms with E-state index in [1.165, 1.54) is 0 Å². The van der Waals surface area contributed by atoms with Gasteiger partial charge < -0.3 is 14.7 Å². The predicted octanol–water partition coefficient (Wildman–Crippen LogP) is 6.24. The fourth-order valence-electron chi connectivity index (χ4n) is 4.57. The molecule has 0 aromatic heterocycles. The van der Waals surface area contributed by atoms with Crippen LogP contribution in [-0.2, 0) is 28.5 Å². The number of aliphatic carboxylic acids is 1. The first-order chi connectivity index (χ1) is 17.9. The van der Waals surface area contributed by atoms with E-state index >= 15 is 0 Å². The molecule has 11 heteroatoms. The third kappa shape index (κ3) is 9.28. The average molecular weight is 547 g/mol. The molecule has 1 fully saturated rings. The molecule has 1 N–H and O–H groups in total. The summed E-state index contributed by atoms with van der Waals surface area (Å²) in [5.74, 6) is -0.790. The highest BCUT2D eigenvalue weighted by Gasteiger charge is 2.37. The number of benzene rings is 2. The molecule has 0 aliphatic carbocycles. The van der Waals surface area contributed by atoms with Gasteiger partial charge in [0.2, 0.25) is 0 Å². The minimum Gasteiger partial charge on any atom is -0.481 e. The lowest BCUT2D eigenvalue weighted by Gasteiger charge is -2.39. The standard InChI is InChI=1S/C27H32F6N2O3/c28-26(29,30)22-15-20(16-23(17-22)27(31,32)33)18-38-19-24(21-7-3-1-4-8-21)35-13-11-34(12-14-35)10-6-2-5-9-25(36)37/h1,3-4,7-8,15-17,24H,2,5-6,9-14,18-19H2,(H,36,37). The molecular formula is C27H32F6N2O3. The molecule has 1 unspecified atom stereocenters. The first-order valence-corrected chi connectivity index (χ1v) is 12.5. The topological polar surface area (TPSA) is 53.0 Å². The fraction of sp³-hybridized carbons (Fsp3) is 0.519. The first kappa shape index (κ1) is 29.9. The Hall–Kier alpha value is -2.63. The zero-order valence-electron chi connectivity index (χ0n) is 20.9. The van der Waals surface area contributed by atoms with E-state index in [2.05, 4.69) is 9.80 Å². The zero-order valence-corrected chi connectivity index (χ0v) is 20.9. The molecule has 3 rings (SSSR count). The minimum absolute atomic E-state index is 0.108. The van der Waals surface area contributed by atoms with E-state index in [-0.39, 0.29) is 37.3 Å². The highest BCUT2D eigenvalue weighted by Crippen LogP contribution is 2.36. The molecule has 38 heavy (non-hydrogen) atoms. The maximum atomic E-state index is 13.2. The second kappa shape index (κ2) is 13.4. The third-order valence-corrected chi connectivity index (χ3v) is 6.59. The molecule has 1 saturated heterocycles. The van der Waals surface area contributed by atoms with Crippen molar-refractivity contribution < 1.29 is 41.0 Å². The van der Waals surface area contributed by atoms with E-state index in [0.717, 1.165) is 51.1 Å². The van der Waals surface area contributed by atoms with E-state index in [1.54, 1.807) is 0 Å². The SMILES string of the molecule is O=C(O)CCCCCN1CCN(C(COCc2cc(C(F)(F)F)cc(C(F)(F)F)c2)c2ccccc2)CC1. The summed E-state index contributed by atoms with van der Waals surface area (Å²) < 4.78 is 84.9. The number of rotatable bonds is 12. The lowest BCUT2D eigenvalue weighted by Crippen LogP contribution is -2.48. The van der Waals surface area contributed by atoms with E-state index in [4.69, 9.17) is 9.84 Å². The lowest BCUT2D eigenvalue weighted by atomic mass is 10.0. The fourth-order valence-corrected chi connectivity index (χ4v) is 4.57. The smallest absolute Gasteiger partial charge is 0.416 e. The van der Waals surface area contributed by atoms with Crippen LogP contribution in [0.4, 0.5) is 26.3 Å². The predicted molar refractivity (Wildman–Crippen MR) is 129 cm³/mol. The molecular weight excluding hydrogens is 514 g/mol. The van der Waals surface area contributed by atoms with Crippen LogP contribution in [0.2, 0.25) is 0 Å². The van der Waals surface area contributed by atoms with Gasteiger partial charge in [0.1, 0.15) is 0 Å². The van der Waals surface area contributed by atoms with Crippen LogP contribution in [0.1, 0.15) is 54.0 Å². The van der Waals surface area contributed by atoms with Gasteiger partial charge in [-0.15, -0.1) is 0 Å². The summed E-state index contributed by atoms with van der Waals surface area (Å²) in [6, 6.07) is 10.8. The quantitative estimate of drug-likeness (QED) is 0.252. The molecule has 2 aromatic carbocycles. The number of unbranched alkanes of at least 4 members (excludes halogenated alkanes) is 2. The van der Waals surface area contributed by atoms with Crippen LogP contribution >= 0.6 is 0 Å². The van der Waals surface area contributed by atoms with Crippen LogP contribution in [-0.4, -0.2) is 60.2 Å². The number of alkyl halides is 6.